The number of aromatic nitrogens is 1. The molecule has 1 aromatic heterocycles. The van der Waals surface area contributed by atoms with Crippen molar-refractivity contribution in [1.29, 1.82) is 0 Å². The summed E-state index contributed by atoms with van der Waals surface area (Å²) in [5.74, 6) is -0.350. The van der Waals surface area contributed by atoms with Crippen LogP contribution in [0.4, 0.5) is 0 Å². The summed E-state index contributed by atoms with van der Waals surface area (Å²) in [6.45, 7) is 0.267. The first-order valence-corrected chi connectivity index (χ1v) is 6.60. The number of hydrogen-bond donors (Lipinski definition) is 1. The summed E-state index contributed by atoms with van der Waals surface area (Å²) in [4.78, 5) is 27.6. The Labute approximate surface area is 128 Å². The van der Waals surface area contributed by atoms with Crippen LogP contribution < -0.4 is 10.1 Å². The Balaban J connectivity index is 2.10. The maximum absolute atomic E-state index is 11.9. The third kappa shape index (κ3) is 3.60. The van der Waals surface area contributed by atoms with Crippen molar-refractivity contribution in [1.82, 2.24) is 10.3 Å². The number of hydrogen-bond acceptors (Lipinski definition) is 5. The Kier molecular flexibility index (Phi) is 5.08. The van der Waals surface area contributed by atoms with Gasteiger partial charge in [-0.3, -0.25) is 9.78 Å². The van der Waals surface area contributed by atoms with Gasteiger partial charge in [-0.05, 0) is 29.8 Å². The number of amides is 1. The number of carbonyl (C=O) groups is 2. The van der Waals surface area contributed by atoms with Crippen LogP contribution in [0.1, 0.15) is 26.4 Å². The normalized spacial score (nSPS) is 9.91. The van der Waals surface area contributed by atoms with Gasteiger partial charge in [0.2, 0.25) is 0 Å². The van der Waals surface area contributed by atoms with Crippen LogP contribution >= 0.6 is 0 Å². The van der Waals surface area contributed by atoms with Gasteiger partial charge in [0, 0.05) is 12.7 Å². The van der Waals surface area contributed by atoms with Crippen molar-refractivity contribution < 1.29 is 19.1 Å². The number of methoxy groups -OCH3 is 2. The van der Waals surface area contributed by atoms with E-state index < -0.39 is 5.97 Å². The van der Waals surface area contributed by atoms with Gasteiger partial charge in [0.1, 0.15) is 17.0 Å². The molecule has 0 saturated heterocycles. The third-order valence-electron chi connectivity index (χ3n) is 3.02. The van der Waals surface area contributed by atoms with E-state index in [9.17, 15) is 9.59 Å². The maximum atomic E-state index is 11.9. The minimum Gasteiger partial charge on any atom is -0.496 e. The molecule has 0 aliphatic carbocycles. The van der Waals surface area contributed by atoms with Crippen LogP contribution in [0, 0.1) is 0 Å². The Morgan fingerprint density at radius 1 is 1.18 bits per heavy atom. The zero-order valence-corrected chi connectivity index (χ0v) is 12.3. The molecule has 1 aromatic carbocycles. The quantitative estimate of drug-likeness (QED) is 0.852. The molecule has 0 aliphatic heterocycles. The summed E-state index contributed by atoms with van der Waals surface area (Å²) in [7, 11) is 2.78. The highest BCUT2D eigenvalue weighted by atomic mass is 16.5. The van der Waals surface area contributed by atoms with Crippen LogP contribution in [0.2, 0.25) is 0 Å². The summed E-state index contributed by atoms with van der Waals surface area (Å²) in [6, 6.07) is 10.2. The fourth-order valence-corrected chi connectivity index (χ4v) is 1.90. The molecule has 0 aliphatic rings. The SMILES string of the molecule is COC(=O)c1cc(CNC(=O)c2ccccn2)ccc1OC. The number of nitrogens with zero attached hydrogens (tertiary/aromatic N) is 1. The molecule has 114 valence electrons. The number of benzene rings is 1. The van der Waals surface area contributed by atoms with Crippen LogP contribution in [0.5, 0.6) is 5.75 Å². The van der Waals surface area contributed by atoms with Crippen LogP contribution in [-0.2, 0) is 11.3 Å². The molecular weight excluding hydrogens is 284 g/mol. The topological polar surface area (TPSA) is 77.5 Å². The molecule has 2 rings (SSSR count). The van der Waals surface area contributed by atoms with E-state index in [-0.39, 0.29) is 12.5 Å². The van der Waals surface area contributed by atoms with Gasteiger partial charge in [0.05, 0.1) is 14.2 Å². The first kappa shape index (κ1) is 15.5. The van der Waals surface area contributed by atoms with E-state index in [1.54, 1.807) is 42.6 Å². The highest BCUT2D eigenvalue weighted by Gasteiger charge is 2.14. The largest absolute Gasteiger partial charge is 0.496 e. The van der Waals surface area contributed by atoms with E-state index in [1.807, 2.05) is 0 Å². The Hall–Kier alpha value is -2.89. The van der Waals surface area contributed by atoms with E-state index in [1.165, 1.54) is 14.2 Å². The van der Waals surface area contributed by atoms with Gasteiger partial charge in [-0.2, -0.15) is 0 Å². The third-order valence-corrected chi connectivity index (χ3v) is 3.02. The lowest BCUT2D eigenvalue weighted by Crippen LogP contribution is -2.23. The summed E-state index contributed by atoms with van der Waals surface area (Å²) in [5, 5.41) is 2.74. The Morgan fingerprint density at radius 3 is 2.64 bits per heavy atom. The molecule has 1 heterocycles. The van der Waals surface area contributed by atoms with Gasteiger partial charge in [0.15, 0.2) is 0 Å². The van der Waals surface area contributed by atoms with Crippen molar-refractivity contribution in [3.8, 4) is 5.75 Å². The number of carbonyl (C=O) groups excluding carboxylic acids is 2. The number of esters is 1. The predicted molar refractivity (Wildman–Crippen MR) is 79.7 cm³/mol. The maximum Gasteiger partial charge on any atom is 0.341 e. The minimum atomic E-state index is -0.491. The van der Waals surface area contributed by atoms with Crippen LogP contribution in [-0.4, -0.2) is 31.1 Å². The minimum absolute atomic E-state index is 0.267. The van der Waals surface area contributed by atoms with Gasteiger partial charge in [0.25, 0.3) is 5.91 Å². The second-order valence-corrected chi connectivity index (χ2v) is 4.42. The van der Waals surface area contributed by atoms with Crippen molar-refractivity contribution in [2.24, 2.45) is 0 Å². The zero-order chi connectivity index (χ0) is 15.9. The highest BCUT2D eigenvalue weighted by molar-refractivity contribution is 5.93. The first-order valence-electron chi connectivity index (χ1n) is 6.60. The first-order chi connectivity index (χ1) is 10.7. The van der Waals surface area contributed by atoms with E-state index in [0.29, 0.717) is 17.0 Å². The average molecular weight is 300 g/mol. The summed E-state index contributed by atoms with van der Waals surface area (Å²) in [6.07, 6.45) is 1.55. The molecule has 0 spiro atoms. The molecule has 0 radical (unpaired) electrons. The average Bonchev–Trinajstić information content (AvgIpc) is 2.59. The number of rotatable bonds is 5. The Morgan fingerprint density at radius 2 is 2.00 bits per heavy atom. The second-order valence-electron chi connectivity index (χ2n) is 4.42. The molecular formula is C16H16N2O4. The fraction of sp³-hybridized carbons (Fsp3) is 0.188. The van der Waals surface area contributed by atoms with Crippen molar-refractivity contribution in [2.75, 3.05) is 14.2 Å². The van der Waals surface area contributed by atoms with Gasteiger partial charge in [-0.1, -0.05) is 12.1 Å². The predicted octanol–water partition coefficient (Wildman–Crippen LogP) is 1.81. The summed E-state index contributed by atoms with van der Waals surface area (Å²) >= 11 is 0. The van der Waals surface area contributed by atoms with Gasteiger partial charge >= 0.3 is 5.97 Å². The van der Waals surface area contributed by atoms with E-state index >= 15 is 0 Å². The number of ether oxygens (including phenoxy) is 2. The molecule has 22 heavy (non-hydrogen) atoms. The monoisotopic (exact) mass is 300 g/mol. The molecule has 6 nitrogen and oxygen atoms in total. The lowest BCUT2D eigenvalue weighted by molar-refractivity contribution is 0.0597. The number of pyridine rings is 1. The summed E-state index contributed by atoms with van der Waals surface area (Å²) in [5.41, 5.74) is 1.41. The van der Waals surface area contributed by atoms with Crippen LogP contribution in [0.25, 0.3) is 0 Å². The molecule has 0 saturated carbocycles. The lowest BCUT2D eigenvalue weighted by Gasteiger charge is -2.10. The van der Waals surface area contributed by atoms with Gasteiger partial charge < -0.3 is 14.8 Å². The van der Waals surface area contributed by atoms with E-state index in [0.717, 1.165) is 5.56 Å². The van der Waals surface area contributed by atoms with E-state index in [2.05, 4.69) is 10.3 Å². The molecule has 0 atom stereocenters. The molecule has 2 aromatic rings. The lowest BCUT2D eigenvalue weighted by atomic mass is 10.1. The summed E-state index contributed by atoms with van der Waals surface area (Å²) < 4.78 is 9.83. The molecule has 0 bridgehead atoms. The Bertz CT molecular complexity index is 671. The van der Waals surface area contributed by atoms with Crippen molar-refractivity contribution in [3.63, 3.8) is 0 Å². The molecule has 6 heteroatoms. The van der Waals surface area contributed by atoms with Crippen molar-refractivity contribution >= 4 is 11.9 Å². The molecule has 0 unspecified atom stereocenters. The second kappa shape index (κ2) is 7.21. The molecule has 1 N–H and O–H groups in total. The van der Waals surface area contributed by atoms with E-state index in [4.69, 9.17) is 9.47 Å². The van der Waals surface area contributed by atoms with Gasteiger partial charge in [-0.15, -0.1) is 0 Å². The van der Waals surface area contributed by atoms with Crippen LogP contribution in [0.15, 0.2) is 42.6 Å². The number of nitrogens with one attached hydrogen (secondary N) is 1. The van der Waals surface area contributed by atoms with Gasteiger partial charge in [-0.25, -0.2) is 4.79 Å². The highest BCUT2D eigenvalue weighted by Crippen LogP contribution is 2.20. The zero-order valence-electron chi connectivity index (χ0n) is 12.3. The fourth-order valence-electron chi connectivity index (χ4n) is 1.90. The van der Waals surface area contributed by atoms with Crippen molar-refractivity contribution in [3.05, 3.63) is 59.4 Å². The van der Waals surface area contributed by atoms with Crippen LogP contribution in [0.3, 0.4) is 0 Å². The molecule has 1 amide bonds. The smallest absolute Gasteiger partial charge is 0.341 e. The standard InChI is InChI=1S/C16H16N2O4/c1-21-14-7-6-11(9-12(14)16(20)22-2)10-18-15(19)13-5-3-4-8-17-13/h3-9H,10H2,1-2H3,(H,18,19). The van der Waals surface area contributed by atoms with Crippen molar-refractivity contribution in [2.45, 2.75) is 6.54 Å². The molecule has 0 fully saturated rings.